The van der Waals surface area contributed by atoms with E-state index in [9.17, 15) is 13.2 Å². The Morgan fingerprint density at radius 3 is 2.22 bits per heavy atom. The van der Waals surface area contributed by atoms with Crippen molar-refractivity contribution in [3.63, 3.8) is 0 Å². The second-order valence-electron chi connectivity index (χ2n) is 5.47. The maximum atomic E-state index is 12.5. The molecule has 0 aliphatic heterocycles. The average Bonchev–Trinajstić information content (AvgIpc) is 2.49. The van der Waals surface area contributed by atoms with Crippen LogP contribution in [0.4, 0.5) is 0 Å². The fraction of sp³-hybridized carbons (Fsp3) is 0.333. The second kappa shape index (κ2) is 6.20. The summed E-state index contributed by atoms with van der Waals surface area (Å²) in [5, 5.41) is -1.27. The highest BCUT2D eigenvalue weighted by molar-refractivity contribution is 7.90. The molecule has 23 heavy (non-hydrogen) atoms. The summed E-state index contributed by atoms with van der Waals surface area (Å²) in [6, 6.07) is 6.23. The number of sulfonamides is 1. The first-order chi connectivity index (χ1) is 10.5. The molecule has 0 fully saturated rings. The van der Waals surface area contributed by atoms with Crippen molar-refractivity contribution in [3.8, 4) is 0 Å². The Balaban J connectivity index is 2.61. The van der Waals surface area contributed by atoms with E-state index in [1.807, 2.05) is 6.92 Å². The molecule has 2 atom stereocenters. The molecular weight excluding hydrogens is 381 g/mol. The van der Waals surface area contributed by atoms with Gasteiger partial charge >= 0.3 is 0 Å². The number of allylic oxidation sites excluding steroid dienone is 2. The standard InChI is InChI=1S/C15H14Cl3NO3S/c1-8-4-6-10(7-5-8)23(21,22)19-12-9(2)11(16)14(20)15(3,18)13(12)17/h4-7,13H,1-3H3/t13-,15-/m1/s1. The third-order valence-electron chi connectivity index (χ3n) is 3.61. The van der Waals surface area contributed by atoms with Crippen molar-refractivity contribution in [2.75, 3.05) is 0 Å². The molecule has 0 aromatic heterocycles. The molecule has 124 valence electrons. The summed E-state index contributed by atoms with van der Waals surface area (Å²) in [6.45, 7) is 4.72. The lowest BCUT2D eigenvalue weighted by atomic mass is 9.87. The summed E-state index contributed by atoms with van der Waals surface area (Å²) in [6.07, 6.45) is 0. The number of carbonyl (C=O) groups excluding carboxylic acids is 1. The van der Waals surface area contributed by atoms with Gasteiger partial charge in [-0.25, -0.2) is 0 Å². The minimum atomic E-state index is -3.99. The lowest BCUT2D eigenvalue weighted by Gasteiger charge is -2.32. The summed E-state index contributed by atoms with van der Waals surface area (Å²) in [4.78, 5) is 10.5. The number of carbonyl (C=O) groups is 1. The molecule has 0 spiro atoms. The summed E-state index contributed by atoms with van der Waals surface area (Å²) in [7, 11) is -3.99. The molecule has 0 heterocycles. The maximum Gasteiger partial charge on any atom is 0.282 e. The number of halogens is 3. The molecule has 4 nitrogen and oxygen atoms in total. The van der Waals surface area contributed by atoms with Gasteiger partial charge in [-0.1, -0.05) is 29.3 Å². The summed E-state index contributed by atoms with van der Waals surface area (Å²) in [5.41, 5.74) is 1.11. The lowest BCUT2D eigenvalue weighted by molar-refractivity contribution is -0.117. The Labute approximate surface area is 150 Å². The van der Waals surface area contributed by atoms with E-state index in [1.165, 1.54) is 26.0 Å². The van der Waals surface area contributed by atoms with Crippen LogP contribution in [0.3, 0.4) is 0 Å². The van der Waals surface area contributed by atoms with E-state index in [2.05, 4.69) is 4.40 Å². The summed E-state index contributed by atoms with van der Waals surface area (Å²) >= 11 is 18.3. The number of ketones is 1. The van der Waals surface area contributed by atoms with E-state index < -0.39 is 26.1 Å². The average molecular weight is 395 g/mol. The molecule has 0 saturated carbocycles. The Hall–Kier alpha value is -0.880. The van der Waals surface area contributed by atoms with Crippen molar-refractivity contribution in [2.45, 2.75) is 35.9 Å². The van der Waals surface area contributed by atoms with Gasteiger partial charge in [-0.15, -0.1) is 23.2 Å². The number of benzene rings is 1. The van der Waals surface area contributed by atoms with Crippen LogP contribution in [0, 0.1) is 6.92 Å². The van der Waals surface area contributed by atoms with E-state index in [4.69, 9.17) is 34.8 Å². The van der Waals surface area contributed by atoms with Gasteiger partial charge < -0.3 is 0 Å². The van der Waals surface area contributed by atoms with E-state index in [1.54, 1.807) is 12.1 Å². The van der Waals surface area contributed by atoms with Crippen LogP contribution < -0.4 is 0 Å². The molecule has 0 N–H and O–H groups in total. The fourth-order valence-corrected chi connectivity index (χ4v) is 4.06. The van der Waals surface area contributed by atoms with Gasteiger partial charge in [-0.05, 0) is 38.5 Å². The van der Waals surface area contributed by atoms with Crippen molar-refractivity contribution >= 4 is 56.3 Å². The molecule has 8 heteroatoms. The quantitative estimate of drug-likeness (QED) is 0.716. The monoisotopic (exact) mass is 393 g/mol. The Kier molecular flexibility index (Phi) is 4.98. The Bertz CT molecular complexity index is 824. The number of hydrogen-bond donors (Lipinski definition) is 0. The van der Waals surface area contributed by atoms with Gasteiger partial charge in [0.15, 0.2) is 5.78 Å². The maximum absolute atomic E-state index is 12.5. The van der Waals surface area contributed by atoms with E-state index in [0.717, 1.165) is 5.56 Å². The number of alkyl halides is 2. The zero-order valence-electron chi connectivity index (χ0n) is 12.6. The fourth-order valence-electron chi connectivity index (χ4n) is 2.07. The third kappa shape index (κ3) is 3.33. The highest BCUT2D eigenvalue weighted by Gasteiger charge is 2.48. The van der Waals surface area contributed by atoms with Crippen LogP contribution in [0.1, 0.15) is 19.4 Å². The second-order valence-corrected chi connectivity index (χ2v) is 8.67. The zero-order chi connectivity index (χ0) is 17.6. The zero-order valence-corrected chi connectivity index (χ0v) is 15.7. The predicted octanol–water partition coefficient (Wildman–Crippen LogP) is 3.83. The van der Waals surface area contributed by atoms with Gasteiger partial charge in [-0.3, -0.25) is 4.79 Å². The molecule has 1 aliphatic rings. The first-order valence-electron chi connectivity index (χ1n) is 6.64. The highest BCUT2D eigenvalue weighted by Crippen LogP contribution is 2.38. The molecule has 2 rings (SSSR count). The van der Waals surface area contributed by atoms with Crippen molar-refractivity contribution in [3.05, 3.63) is 40.4 Å². The van der Waals surface area contributed by atoms with Gasteiger partial charge in [0, 0.05) is 0 Å². The molecular formula is C15H14Cl3NO3S. The van der Waals surface area contributed by atoms with Crippen LogP contribution in [-0.4, -0.2) is 30.2 Å². The largest absolute Gasteiger partial charge is 0.291 e. The minimum absolute atomic E-state index is 0.0191. The third-order valence-corrected chi connectivity index (χ3v) is 6.51. The van der Waals surface area contributed by atoms with Crippen LogP contribution in [0.25, 0.3) is 0 Å². The highest BCUT2D eigenvalue weighted by atomic mass is 35.5. The molecule has 0 bridgehead atoms. The SMILES string of the molecule is CC1=C(Cl)C(=O)[C@](C)(Cl)[C@H](Cl)C1=NS(=O)(=O)c1ccc(C)cc1. The number of rotatable bonds is 2. The smallest absolute Gasteiger partial charge is 0.282 e. The number of nitrogens with zero attached hydrogens (tertiary/aromatic N) is 1. The number of hydrogen-bond acceptors (Lipinski definition) is 3. The minimum Gasteiger partial charge on any atom is -0.291 e. The predicted molar refractivity (Wildman–Crippen MR) is 93.3 cm³/mol. The normalized spacial score (nSPS) is 27.7. The molecule has 0 saturated heterocycles. The van der Waals surface area contributed by atoms with E-state index in [0.29, 0.717) is 0 Å². The van der Waals surface area contributed by atoms with Gasteiger partial charge in [0.1, 0.15) is 10.3 Å². The van der Waals surface area contributed by atoms with Gasteiger partial charge in [0.05, 0.1) is 15.6 Å². The van der Waals surface area contributed by atoms with Crippen molar-refractivity contribution in [1.29, 1.82) is 0 Å². The van der Waals surface area contributed by atoms with Crippen LogP contribution in [0.15, 0.2) is 44.2 Å². The van der Waals surface area contributed by atoms with Crippen molar-refractivity contribution < 1.29 is 13.2 Å². The summed E-state index contributed by atoms with van der Waals surface area (Å²) < 4.78 is 28.7. The van der Waals surface area contributed by atoms with Gasteiger partial charge in [-0.2, -0.15) is 12.8 Å². The van der Waals surface area contributed by atoms with Crippen LogP contribution >= 0.6 is 34.8 Å². The molecule has 0 unspecified atom stereocenters. The summed E-state index contributed by atoms with van der Waals surface area (Å²) in [5.74, 6) is -0.551. The van der Waals surface area contributed by atoms with Crippen molar-refractivity contribution in [1.82, 2.24) is 0 Å². The first kappa shape index (κ1) is 18.5. The lowest BCUT2D eigenvalue weighted by Crippen LogP contribution is -2.48. The van der Waals surface area contributed by atoms with Crippen LogP contribution in [0.2, 0.25) is 0 Å². The van der Waals surface area contributed by atoms with Crippen LogP contribution in [-0.2, 0) is 14.8 Å². The molecule has 0 radical (unpaired) electrons. The number of Topliss-reactive ketones (excluding diaryl/α,β-unsaturated/α-hetero) is 1. The Morgan fingerprint density at radius 1 is 1.17 bits per heavy atom. The first-order valence-corrected chi connectivity index (χ1v) is 9.28. The number of aryl methyl sites for hydroxylation is 1. The van der Waals surface area contributed by atoms with Crippen LogP contribution in [0.5, 0.6) is 0 Å². The Morgan fingerprint density at radius 2 is 1.70 bits per heavy atom. The van der Waals surface area contributed by atoms with Gasteiger partial charge in [0.2, 0.25) is 0 Å². The topological polar surface area (TPSA) is 63.6 Å². The van der Waals surface area contributed by atoms with E-state index in [-0.39, 0.29) is 21.2 Å². The van der Waals surface area contributed by atoms with Gasteiger partial charge in [0.25, 0.3) is 10.0 Å². The molecule has 1 aromatic carbocycles. The van der Waals surface area contributed by atoms with E-state index >= 15 is 0 Å². The molecule has 0 amide bonds. The molecule has 1 aliphatic carbocycles. The molecule has 1 aromatic rings. The van der Waals surface area contributed by atoms with Crippen molar-refractivity contribution in [2.24, 2.45) is 4.40 Å².